The predicted molar refractivity (Wildman–Crippen MR) is 143 cm³/mol. The highest BCUT2D eigenvalue weighted by atomic mass is 32.1. The lowest BCUT2D eigenvalue weighted by Crippen LogP contribution is -2.39. The normalized spacial score (nSPS) is 15.4. The first-order valence-corrected chi connectivity index (χ1v) is 12.9. The third-order valence-corrected chi connectivity index (χ3v) is 7.25. The molecule has 0 saturated carbocycles. The Morgan fingerprint density at radius 2 is 1.75 bits per heavy atom. The minimum atomic E-state index is -0.640. The van der Waals surface area contributed by atoms with Gasteiger partial charge in [-0.1, -0.05) is 35.6 Å². The lowest BCUT2D eigenvalue weighted by atomic mass is 9.96. The number of anilines is 1. The SMILES string of the molecule is CCOC(=O)C1=C(C)N=c2s/c(=C/c3ccc(N(CC)CC)cc3)c(=O)n2[C@H]1c1ccc(OC)cc1. The van der Waals surface area contributed by atoms with Gasteiger partial charge in [0, 0.05) is 18.8 Å². The standard InChI is InChI=1S/C28H31N3O4S/c1-6-30(7-2)21-13-9-19(10-14-21)17-23-26(32)31-25(20-11-15-22(34-5)16-12-20)24(27(33)35-8-3)18(4)29-28(31)36-23/h9-17,25H,6-8H2,1-5H3/b23-17+/t25-/m0/s1. The van der Waals surface area contributed by atoms with E-state index in [2.05, 4.69) is 35.9 Å². The van der Waals surface area contributed by atoms with Crippen LogP contribution in [0, 0.1) is 0 Å². The highest BCUT2D eigenvalue weighted by molar-refractivity contribution is 7.07. The van der Waals surface area contributed by atoms with Crippen LogP contribution in [-0.4, -0.2) is 37.3 Å². The number of hydrogen-bond donors (Lipinski definition) is 0. The molecule has 8 heteroatoms. The highest BCUT2D eigenvalue weighted by Gasteiger charge is 2.33. The van der Waals surface area contributed by atoms with Gasteiger partial charge in [0.15, 0.2) is 4.80 Å². The van der Waals surface area contributed by atoms with E-state index in [0.717, 1.165) is 29.9 Å². The number of carbonyl (C=O) groups is 1. The summed E-state index contributed by atoms with van der Waals surface area (Å²) in [5, 5.41) is 0. The van der Waals surface area contributed by atoms with Gasteiger partial charge in [-0.25, -0.2) is 9.79 Å². The molecule has 1 atom stereocenters. The fourth-order valence-electron chi connectivity index (χ4n) is 4.41. The molecule has 3 aromatic rings. The van der Waals surface area contributed by atoms with Crippen LogP contribution in [0.25, 0.3) is 6.08 Å². The van der Waals surface area contributed by atoms with Crippen molar-refractivity contribution >= 4 is 29.1 Å². The fourth-order valence-corrected chi connectivity index (χ4v) is 5.46. The number of aromatic nitrogens is 1. The van der Waals surface area contributed by atoms with E-state index in [9.17, 15) is 9.59 Å². The minimum absolute atomic E-state index is 0.193. The van der Waals surface area contributed by atoms with Crippen LogP contribution in [0.3, 0.4) is 0 Å². The molecule has 0 bridgehead atoms. The Labute approximate surface area is 214 Å². The predicted octanol–water partition coefficient (Wildman–Crippen LogP) is 3.65. The number of fused-ring (bicyclic) bond motifs is 1. The van der Waals surface area contributed by atoms with Crippen molar-refractivity contribution in [2.24, 2.45) is 4.99 Å². The van der Waals surface area contributed by atoms with E-state index in [-0.39, 0.29) is 12.2 Å². The number of nitrogens with zero attached hydrogens (tertiary/aromatic N) is 3. The molecular formula is C28H31N3O4S. The average molecular weight is 506 g/mol. The molecule has 2 aromatic carbocycles. The number of carbonyl (C=O) groups excluding carboxylic acids is 1. The van der Waals surface area contributed by atoms with Gasteiger partial charge in [0.05, 0.1) is 35.6 Å². The molecule has 0 amide bonds. The first kappa shape index (κ1) is 25.4. The number of hydrogen-bond acceptors (Lipinski definition) is 7. The van der Waals surface area contributed by atoms with Crippen molar-refractivity contribution in [1.29, 1.82) is 0 Å². The molecule has 0 unspecified atom stereocenters. The molecule has 0 spiro atoms. The quantitative estimate of drug-likeness (QED) is 0.437. The van der Waals surface area contributed by atoms with E-state index in [1.165, 1.54) is 11.3 Å². The average Bonchev–Trinajstić information content (AvgIpc) is 3.19. The molecule has 36 heavy (non-hydrogen) atoms. The van der Waals surface area contributed by atoms with Gasteiger partial charge in [0.1, 0.15) is 5.75 Å². The minimum Gasteiger partial charge on any atom is -0.497 e. The number of allylic oxidation sites excluding steroid dienone is 1. The van der Waals surface area contributed by atoms with Crippen molar-refractivity contribution in [1.82, 2.24) is 4.57 Å². The highest BCUT2D eigenvalue weighted by Crippen LogP contribution is 2.31. The molecule has 1 aromatic heterocycles. The number of methoxy groups -OCH3 is 1. The van der Waals surface area contributed by atoms with E-state index in [1.807, 2.05) is 42.5 Å². The van der Waals surface area contributed by atoms with Gasteiger partial charge in [0.2, 0.25) is 0 Å². The number of rotatable bonds is 8. The fraction of sp³-hybridized carbons (Fsp3) is 0.321. The second-order valence-electron chi connectivity index (χ2n) is 8.34. The summed E-state index contributed by atoms with van der Waals surface area (Å²) in [5.41, 5.74) is 3.58. The monoisotopic (exact) mass is 505 g/mol. The molecule has 7 nitrogen and oxygen atoms in total. The van der Waals surface area contributed by atoms with Crippen LogP contribution >= 0.6 is 11.3 Å². The first-order valence-electron chi connectivity index (χ1n) is 12.1. The van der Waals surface area contributed by atoms with Crippen molar-refractivity contribution < 1.29 is 14.3 Å². The third-order valence-electron chi connectivity index (χ3n) is 6.27. The maximum absolute atomic E-state index is 13.7. The molecular weight excluding hydrogens is 474 g/mol. The van der Waals surface area contributed by atoms with E-state index in [0.29, 0.717) is 26.4 Å². The van der Waals surface area contributed by atoms with E-state index in [1.54, 1.807) is 25.5 Å². The summed E-state index contributed by atoms with van der Waals surface area (Å²) in [5.74, 6) is 0.221. The molecule has 0 N–H and O–H groups in total. The van der Waals surface area contributed by atoms with Crippen LogP contribution in [-0.2, 0) is 9.53 Å². The van der Waals surface area contributed by atoms with Crippen LogP contribution in [0.1, 0.15) is 44.9 Å². The Morgan fingerprint density at radius 3 is 2.33 bits per heavy atom. The van der Waals surface area contributed by atoms with E-state index >= 15 is 0 Å². The van der Waals surface area contributed by atoms with Gasteiger partial charge in [-0.05, 0) is 69.2 Å². The lowest BCUT2D eigenvalue weighted by Gasteiger charge is -2.24. The van der Waals surface area contributed by atoms with E-state index < -0.39 is 12.0 Å². The molecule has 2 heterocycles. The molecule has 4 rings (SSSR count). The van der Waals surface area contributed by atoms with Crippen molar-refractivity contribution in [2.75, 3.05) is 31.7 Å². The van der Waals surface area contributed by atoms with Crippen LogP contribution in [0.15, 0.2) is 69.6 Å². The maximum atomic E-state index is 13.7. The number of ether oxygens (including phenoxy) is 2. The zero-order chi connectivity index (χ0) is 25.8. The molecule has 0 radical (unpaired) electrons. The second-order valence-corrected chi connectivity index (χ2v) is 9.35. The molecule has 188 valence electrons. The molecule has 1 aliphatic heterocycles. The summed E-state index contributed by atoms with van der Waals surface area (Å²) in [6, 6.07) is 14.9. The summed E-state index contributed by atoms with van der Waals surface area (Å²) >= 11 is 1.32. The van der Waals surface area contributed by atoms with Crippen molar-refractivity contribution in [2.45, 2.75) is 33.7 Å². The van der Waals surface area contributed by atoms with Crippen molar-refractivity contribution in [3.63, 3.8) is 0 Å². The molecule has 0 saturated heterocycles. The largest absolute Gasteiger partial charge is 0.497 e. The summed E-state index contributed by atoms with van der Waals surface area (Å²) in [7, 11) is 1.60. The van der Waals surface area contributed by atoms with Crippen LogP contribution < -0.4 is 24.5 Å². The van der Waals surface area contributed by atoms with Crippen LogP contribution in [0.4, 0.5) is 5.69 Å². The zero-order valence-corrected chi connectivity index (χ0v) is 22.1. The van der Waals surface area contributed by atoms with Crippen LogP contribution in [0.2, 0.25) is 0 Å². The maximum Gasteiger partial charge on any atom is 0.338 e. The number of thiazole rings is 1. The Bertz CT molecular complexity index is 1450. The Balaban J connectivity index is 1.84. The van der Waals surface area contributed by atoms with Crippen molar-refractivity contribution in [3.8, 4) is 5.75 Å². The zero-order valence-electron chi connectivity index (χ0n) is 21.3. The topological polar surface area (TPSA) is 73.1 Å². The summed E-state index contributed by atoms with van der Waals surface area (Å²) in [6.07, 6.45) is 1.88. The van der Waals surface area contributed by atoms with Gasteiger partial charge in [-0.15, -0.1) is 0 Å². The Kier molecular flexibility index (Phi) is 7.74. The van der Waals surface area contributed by atoms with E-state index in [4.69, 9.17) is 9.47 Å². The summed E-state index contributed by atoms with van der Waals surface area (Å²) in [4.78, 5) is 34.1. The number of benzene rings is 2. The van der Waals surface area contributed by atoms with Crippen LogP contribution in [0.5, 0.6) is 5.75 Å². The Hall–Kier alpha value is -3.65. The first-order chi connectivity index (χ1) is 17.4. The molecule has 0 aliphatic carbocycles. The van der Waals surface area contributed by atoms with Gasteiger partial charge in [-0.2, -0.15) is 0 Å². The third kappa shape index (κ3) is 4.86. The second kappa shape index (κ2) is 11.0. The van der Waals surface area contributed by atoms with Crippen molar-refractivity contribution in [3.05, 3.63) is 90.6 Å². The van der Waals surface area contributed by atoms with Gasteiger partial charge in [-0.3, -0.25) is 9.36 Å². The number of esters is 1. The summed E-state index contributed by atoms with van der Waals surface area (Å²) in [6.45, 7) is 9.90. The molecule has 0 fully saturated rings. The lowest BCUT2D eigenvalue weighted by molar-refractivity contribution is -0.139. The Morgan fingerprint density at radius 1 is 1.08 bits per heavy atom. The smallest absolute Gasteiger partial charge is 0.338 e. The molecule has 1 aliphatic rings. The van der Waals surface area contributed by atoms with Gasteiger partial charge in [0.25, 0.3) is 5.56 Å². The van der Waals surface area contributed by atoms with Gasteiger partial charge >= 0.3 is 5.97 Å². The van der Waals surface area contributed by atoms with Gasteiger partial charge < -0.3 is 14.4 Å². The summed E-state index contributed by atoms with van der Waals surface area (Å²) < 4.78 is 12.8.